The molecule has 0 atom stereocenters. The zero-order valence-corrected chi connectivity index (χ0v) is 12.8. The van der Waals surface area contributed by atoms with E-state index in [2.05, 4.69) is 24.1 Å². The molecule has 7 nitrogen and oxygen atoms in total. The predicted molar refractivity (Wildman–Crippen MR) is 80.3 cm³/mol. The summed E-state index contributed by atoms with van der Waals surface area (Å²) in [5, 5.41) is 14.4. The van der Waals surface area contributed by atoms with Gasteiger partial charge in [-0.2, -0.15) is 0 Å². The van der Waals surface area contributed by atoms with Crippen molar-refractivity contribution in [3.8, 4) is 11.5 Å². The molecule has 116 valence electrons. The number of methoxy groups -OCH3 is 2. The van der Waals surface area contributed by atoms with Crippen LogP contribution in [0.2, 0.25) is 0 Å². The van der Waals surface area contributed by atoms with Crippen LogP contribution in [0.15, 0.2) is 12.1 Å². The minimum absolute atomic E-state index is 0.00403. The van der Waals surface area contributed by atoms with Gasteiger partial charge in [0.25, 0.3) is 5.69 Å². The van der Waals surface area contributed by atoms with Gasteiger partial charge in [-0.1, -0.05) is 0 Å². The topological polar surface area (TPSA) is 76.9 Å². The maximum absolute atomic E-state index is 11.2. The normalized spacial score (nSPS) is 15.7. The SMILES string of the molecule is COc1cc(NC2CN(C(C)C)C2)c([N+](=O)[O-])cc1OC. The van der Waals surface area contributed by atoms with Crippen LogP contribution in [0.1, 0.15) is 13.8 Å². The Morgan fingerprint density at radius 1 is 1.29 bits per heavy atom. The number of nitro benzene ring substituents is 1. The van der Waals surface area contributed by atoms with E-state index in [4.69, 9.17) is 9.47 Å². The lowest BCUT2D eigenvalue weighted by molar-refractivity contribution is -0.384. The third kappa shape index (κ3) is 3.18. The molecule has 7 heteroatoms. The van der Waals surface area contributed by atoms with Crippen LogP contribution in [0.3, 0.4) is 0 Å². The third-order valence-electron chi connectivity index (χ3n) is 3.70. The van der Waals surface area contributed by atoms with Crippen LogP contribution in [-0.2, 0) is 0 Å². The van der Waals surface area contributed by atoms with Crippen LogP contribution in [0.5, 0.6) is 11.5 Å². The van der Waals surface area contributed by atoms with E-state index in [-0.39, 0.29) is 11.7 Å². The first-order valence-electron chi connectivity index (χ1n) is 6.87. The van der Waals surface area contributed by atoms with Crippen LogP contribution in [0.4, 0.5) is 11.4 Å². The molecule has 1 aliphatic heterocycles. The number of rotatable bonds is 6. The van der Waals surface area contributed by atoms with Crippen molar-refractivity contribution >= 4 is 11.4 Å². The number of nitro groups is 1. The minimum atomic E-state index is -0.414. The molecular weight excluding hydrogens is 274 g/mol. The van der Waals surface area contributed by atoms with Crippen molar-refractivity contribution in [2.75, 3.05) is 32.6 Å². The number of hydrogen-bond acceptors (Lipinski definition) is 6. The zero-order valence-electron chi connectivity index (χ0n) is 12.8. The van der Waals surface area contributed by atoms with E-state index in [9.17, 15) is 10.1 Å². The van der Waals surface area contributed by atoms with E-state index in [0.29, 0.717) is 23.2 Å². The molecule has 1 saturated heterocycles. The molecule has 0 unspecified atom stereocenters. The van der Waals surface area contributed by atoms with Crippen molar-refractivity contribution in [3.63, 3.8) is 0 Å². The molecule has 1 aromatic rings. The van der Waals surface area contributed by atoms with E-state index in [0.717, 1.165) is 13.1 Å². The highest BCUT2D eigenvalue weighted by atomic mass is 16.6. The van der Waals surface area contributed by atoms with E-state index in [1.54, 1.807) is 6.07 Å². The summed E-state index contributed by atoms with van der Waals surface area (Å²) >= 11 is 0. The molecule has 0 amide bonds. The summed E-state index contributed by atoms with van der Waals surface area (Å²) < 4.78 is 10.3. The number of benzene rings is 1. The van der Waals surface area contributed by atoms with Gasteiger partial charge in [-0.3, -0.25) is 15.0 Å². The second-order valence-electron chi connectivity index (χ2n) is 5.37. The highest BCUT2D eigenvalue weighted by molar-refractivity contribution is 5.69. The highest BCUT2D eigenvalue weighted by Crippen LogP contribution is 2.38. The van der Waals surface area contributed by atoms with Gasteiger partial charge in [-0.25, -0.2) is 0 Å². The van der Waals surface area contributed by atoms with Crippen LogP contribution >= 0.6 is 0 Å². The summed E-state index contributed by atoms with van der Waals surface area (Å²) in [6.45, 7) is 6.02. The fraction of sp³-hybridized carbons (Fsp3) is 0.571. The zero-order chi connectivity index (χ0) is 15.6. The number of nitrogens with zero attached hydrogens (tertiary/aromatic N) is 2. The van der Waals surface area contributed by atoms with Crippen LogP contribution in [-0.4, -0.2) is 49.2 Å². The average molecular weight is 295 g/mol. The molecule has 0 spiro atoms. The monoisotopic (exact) mass is 295 g/mol. The third-order valence-corrected chi connectivity index (χ3v) is 3.70. The van der Waals surface area contributed by atoms with Gasteiger partial charge >= 0.3 is 0 Å². The number of likely N-dealkylation sites (tertiary alicyclic amines) is 1. The van der Waals surface area contributed by atoms with Crippen molar-refractivity contribution in [2.45, 2.75) is 25.9 Å². The predicted octanol–water partition coefficient (Wildman–Crippen LogP) is 2.12. The second-order valence-corrected chi connectivity index (χ2v) is 5.37. The van der Waals surface area contributed by atoms with Gasteiger partial charge in [0.15, 0.2) is 11.5 Å². The molecule has 0 bridgehead atoms. The maximum Gasteiger partial charge on any atom is 0.296 e. The Bertz CT molecular complexity index is 527. The van der Waals surface area contributed by atoms with E-state index < -0.39 is 4.92 Å². The van der Waals surface area contributed by atoms with Crippen molar-refractivity contribution in [2.24, 2.45) is 0 Å². The minimum Gasteiger partial charge on any atom is -0.493 e. The Balaban J connectivity index is 2.20. The Morgan fingerprint density at radius 2 is 1.86 bits per heavy atom. The standard InChI is InChI=1S/C14H21N3O4/c1-9(2)16-7-10(8-16)15-11-5-13(20-3)14(21-4)6-12(11)17(18)19/h5-6,9-10,15H,7-8H2,1-4H3. The maximum atomic E-state index is 11.2. The smallest absolute Gasteiger partial charge is 0.296 e. The quantitative estimate of drug-likeness (QED) is 0.640. The number of nitrogens with one attached hydrogen (secondary N) is 1. The second kappa shape index (κ2) is 6.17. The van der Waals surface area contributed by atoms with E-state index in [1.807, 2.05) is 0 Å². The van der Waals surface area contributed by atoms with Gasteiger partial charge in [-0.05, 0) is 13.8 Å². The van der Waals surface area contributed by atoms with Crippen molar-refractivity contribution in [1.82, 2.24) is 4.90 Å². The number of hydrogen-bond donors (Lipinski definition) is 1. The summed E-state index contributed by atoms with van der Waals surface area (Å²) in [5.41, 5.74) is 0.460. The van der Waals surface area contributed by atoms with Gasteiger partial charge in [0.2, 0.25) is 0 Å². The molecule has 0 aromatic heterocycles. The van der Waals surface area contributed by atoms with Crippen LogP contribution in [0, 0.1) is 10.1 Å². The molecule has 0 saturated carbocycles. The first-order valence-corrected chi connectivity index (χ1v) is 6.87. The van der Waals surface area contributed by atoms with Crippen molar-refractivity contribution in [1.29, 1.82) is 0 Å². The molecule has 1 fully saturated rings. The largest absolute Gasteiger partial charge is 0.493 e. The van der Waals surface area contributed by atoms with Crippen molar-refractivity contribution < 1.29 is 14.4 Å². The highest BCUT2D eigenvalue weighted by Gasteiger charge is 2.30. The Labute approximate surface area is 124 Å². The van der Waals surface area contributed by atoms with Crippen molar-refractivity contribution in [3.05, 3.63) is 22.2 Å². The number of ether oxygens (including phenoxy) is 2. The molecule has 1 N–H and O–H groups in total. The first kappa shape index (κ1) is 15.4. The summed E-state index contributed by atoms with van der Waals surface area (Å²) in [6, 6.07) is 3.71. The summed E-state index contributed by atoms with van der Waals surface area (Å²) in [5.74, 6) is 0.831. The summed E-state index contributed by atoms with van der Waals surface area (Å²) in [4.78, 5) is 13.1. The van der Waals surface area contributed by atoms with E-state index >= 15 is 0 Å². The molecule has 1 aromatic carbocycles. The molecule has 1 heterocycles. The Morgan fingerprint density at radius 3 is 2.33 bits per heavy atom. The Hall–Kier alpha value is -2.02. The van der Waals surface area contributed by atoms with Gasteiger partial charge in [0, 0.05) is 25.2 Å². The number of anilines is 1. The lowest BCUT2D eigenvalue weighted by Gasteiger charge is -2.42. The van der Waals surface area contributed by atoms with Crippen LogP contribution < -0.4 is 14.8 Å². The summed E-state index contributed by atoms with van der Waals surface area (Å²) in [7, 11) is 2.97. The lowest BCUT2D eigenvalue weighted by Crippen LogP contribution is -2.57. The Kier molecular flexibility index (Phi) is 4.52. The lowest BCUT2D eigenvalue weighted by atomic mass is 10.1. The molecule has 21 heavy (non-hydrogen) atoms. The van der Waals surface area contributed by atoms with Gasteiger partial charge < -0.3 is 14.8 Å². The molecule has 0 radical (unpaired) electrons. The fourth-order valence-electron chi connectivity index (χ4n) is 2.38. The van der Waals surface area contributed by atoms with E-state index in [1.165, 1.54) is 20.3 Å². The van der Waals surface area contributed by atoms with Gasteiger partial charge in [-0.15, -0.1) is 0 Å². The summed E-state index contributed by atoms with van der Waals surface area (Å²) in [6.07, 6.45) is 0. The van der Waals surface area contributed by atoms with Crippen LogP contribution in [0.25, 0.3) is 0 Å². The molecule has 2 rings (SSSR count). The van der Waals surface area contributed by atoms with Gasteiger partial charge in [0.05, 0.1) is 31.3 Å². The molecule has 1 aliphatic rings. The fourth-order valence-corrected chi connectivity index (χ4v) is 2.38. The molecule has 0 aliphatic carbocycles. The molecular formula is C14H21N3O4. The first-order chi connectivity index (χ1) is 9.96. The average Bonchev–Trinajstić information content (AvgIpc) is 2.40. The van der Waals surface area contributed by atoms with Gasteiger partial charge in [0.1, 0.15) is 5.69 Å².